The SMILES string of the molecule is CCCCCCC(C)NC(=O)c1snnc1CC. The van der Waals surface area contributed by atoms with Gasteiger partial charge in [-0.05, 0) is 31.3 Å². The van der Waals surface area contributed by atoms with E-state index in [1.807, 2.05) is 6.92 Å². The number of hydrogen-bond donors (Lipinski definition) is 1. The molecule has 0 radical (unpaired) electrons. The first-order chi connectivity index (χ1) is 8.69. The molecule has 0 saturated carbocycles. The second-order valence-electron chi connectivity index (χ2n) is 4.63. The van der Waals surface area contributed by atoms with E-state index in [0.29, 0.717) is 4.88 Å². The van der Waals surface area contributed by atoms with Gasteiger partial charge in [-0.3, -0.25) is 4.79 Å². The smallest absolute Gasteiger partial charge is 0.265 e. The monoisotopic (exact) mass is 269 g/mol. The molecular weight excluding hydrogens is 246 g/mol. The summed E-state index contributed by atoms with van der Waals surface area (Å²) in [6.07, 6.45) is 6.74. The van der Waals surface area contributed by atoms with Gasteiger partial charge in [-0.2, -0.15) is 0 Å². The Bertz CT molecular complexity index is 365. The molecule has 1 rings (SSSR count). The van der Waals surface area contributed by atoms with E-state index in [4.69, 9.17) is 0 Å². The number of hydrogen-bond acceptors (Lipinski definition) is 4. The molecule has 1 N–H and O–H groups in total. The molecule has 0 aromatic carbocycles. The summed E-state index contributed by atoms with van der Waals surface area (Å²) >= 11 is 1.18. The third-order valence-electron chi connectivity index (χ3n) is 2.97. The maximum atomic E-state index is 12.0. The summed E-state index contributed by atoms with van der Waals surface area (Å²) in [6.45, 7) is 6.25. The molecule has 0 fully saturated rings. The van der Waals surface area contributed by atoms with E-state index in [1.165, 1.54) is 37.2 Å². The van der Waals surface area contributed by atoms with Crippen LogP contribution >= 0.6 is 11.5 Å². The average molecular weight is 269 g/mol. The molecule has 1 aromatic rings. The molecule has 0 aliphatic carbocycles. The minimum atomic E-state index is -0.0233. The first-order valence-corrected chi connectivity index (χ1v) is 7.58. The van der Waals surface area contributed by atoms with Crippen molar-refractivity contribution in [1.82, 2.24) is 14.9 Å². The maximum Gasteiger partial charge on any atom is 0.265 e. The van der Waals surface area contributed by atoms with Crippen molar-refractivity contribution in [3.63, 3.8) is 0 Å². The Morgan fingerprint density at radius 2 is 2.11 bits per heavy atom. The molecule has 0 aliphatic heterocycles. The molecule has 0 spiro atoms. The number of unbranched alkanes of at least 4 members (excludes halogenated alkanes) is 3. The van der Waals surface area contributed by atoms with Crippen LogP contribution in [0.2, 0.25) is 0 Å². The van der Waals surface area contributed by atoms with Crippen LogP contribution in [0, 0.1) is 0 Å². The van der Waals surface area contributed by atoms with Crippen molar-refractivity contribution < 1.29 is 4.79 Å². The van der Waals surface area contributed by atoms with Crippen LogP contribution in [-0.2, 0) is 6.42 Å². The minimum absolute atomic E-state index is 0.0233. The quantitative estimate of drug-likeness (QED) is 0.737. The second-order valence-corrected chi connectivity index (χ2v) is 5.38. The standard InChI is InChI=1S/C13H23N3OS/c1-4-6-7-8-9-10(3)14-13(17)12-11(5-2)15-16-18-12/h10H,4-9H2,1-3H3,(H,14,17). The highest BCUT2D eigenvalue weighted by molar-refractivity contribution is 7.08. The fourth-order valence-electron chi connectivity index (χ4n) is 1.85. The Morgan fingerprint density at radius 1 is 1.33 bits per heavy atom. The Labute approximate surface area is 113 Å². The number of amides is 1. The van der Waals surface area contributed by atoms with Crippen molar-refractivity contribution in [3.05, 3.63) is 10.6 Å². The Hall–Kier alpha value is -0.970. The molecule has 1 aromatic heterocycles. The topological polar surface area (TPSA) is 54.9 Å². The van der Waals surface area contributed by atoms with E-state index in [1.54, 1.807) is 0 Å². The second kappa shape index (κ2) is 8.19. The average Bonchev–Trinajstić information content (AvgIpc) is 2.83. The van der Waals surface area contributed by atoms with E-state index in [-0.39, 0.29) is 11.9 Å². The van der Waals surface area contributed by atoms with Gasteiger partial charge in [0.1, 0.15) is 4.88 Å². The highest BCUT2D eigenvalue weighted by Crippen LogP contribution is 2.12. The summed E-state index contributed by atoms with van der Waals surface area (Å²) in [5.74, 6) is -0.0233. The van der Waals surface area contributed by atoms with Gasteiger partial charge in [-0.15, -0.1) is 5.10 Å². The number of nitrogens with zero attached hydrogens (tertiary/aromatic N) is 2. The number of carbonyl (C=O) groups excluding carboxylic acids is 1. The van der Waals surface area contributed by atoms with Gasteiger partial charge in [0.15, 0.2) is 0 Å². The molecule has 0 bridgehead atoms. The zero-order chi connectivity index (χ0) is 13.4. The number of carbonyl (C=O) groups is 1. The van der Waals surface area contributed by atoms with Crippen LogP contribution in [0.4, 0.5) is 0 Å². The van der Waals surface area contributed by atoms with Crippen LogP contribution in [0.5, 0.6) is 0 Å². The molecule has 1 atom stereocenters. The zero-order valence-electron chi connectivity index (χ0n) is 11.5. The predicted octanol–water partition coefficient (Wildman–Crippen LogP) is 3.19. The summed E-state index contributed by atoms with van der Waals surface area (Å²) in [5.41, 5.74) is 0.802. The molecule has 1 unspecified atom stereocenters. The molecule has 1 heterocycles. The third kappa shape index (κ3) is 4.72. The summed E-state index contributed by atoms with van der Waals surface area (Å²) in [6, 6.07) is 0.223. The molecule has 0 aliphatic rings. The summed E-state index contributed by atoms with van der Waals surface area (Å²) < 4.78 is 3.84. The van der Waals surface area contributed by atoms with Gasteiger partial charge in [-0.25, -0.2) is 0 Å². The van der Waals surface area contributed by atoms with Crippen LogP contribution in [0.25, 0.3) is 0 Å². The highest BCUT2D eigenvalue weighted by Gasteiger charge is 2.16. The fourth-order valence-corrected chi connectivity index (χ4v) is 2.50. The van der Waals surface area contributed by atoms with Crippen molar-refractivity contribution in [2.24, 2.45) is 0 Å². The first kappa shape index (κ1) is 15.1. The van der Waals surface area contributed by atoms with Crippen molar-refractivity contribution in [2.75, 3.05) is 0 Å². The molecule has 102 valence electrons. The van der Waals surface area contributed by atoms with Crippen molar-refractivity contribution in [3.8, 4) is 0 Å². The predicted molar refractivity (Wildman–Crippen MR) is 75.0 cm³/mol. The van der Waals surface area contributed by atoms with Crippen LogP contribution in [-0.4, -0.2) is 21.5 Å². The van der Waals surface area contributed by atoms with E-state index in [0.717, 1.165) is 18.5 Å². The summed E-state index contributed by atoms with van der Waals surface area (Å²) in [4.78, 5) is 12.7. The molecule has 4 nitrogen and oxygen atoms in total. The molecule has 18 heavy (non-hydrogen) atoms. The van der Waals surface area contributed by atoms with E-state index >= 15 is 0 Å². The van der Waals surface area contributed by atoms with E-state index < -0.39 is 0 Å². The minimum Gasteiger partial charge on any atom is -0.349 e. The highest BCUT2D eigenvalue weighted by atomic mass is 32.1. The normalized spacial score (nSPS) is 12.4. The first-order valence-electron chi connectivity index (χ1n) is 6.81. The van der Waals surface area contributed by atoms with Crippen LogP contribution in [0.1, 0.15) is 68.2 Å². The number of nitrogens with one attached hydrogen (secondary N) is 1. The molecule has 0 saturated heterocycles. The third-order valence-corrected chi connectivity index (χ3v) is 3.73. The maximum absolute atomic E-state index is 12.0. The van der Waals surface area contributed by atoms with Crippen molar-refractivity contribution >= 4 is 17.4 Å². The Kier molecular flexibility index (Phi) is 6.86. The van der Waals surface area contributed by atoms with Crippen molar-refractivity contribution in [1.29, 1.82) is 0 Å². The number of aromatic nitrogens is 2. The van der Waals surface area contributed by atoms with Gasteiger partial charge in [0.25, 0.3) is 5.91 Å². The summed E-state index contributed by atoms with van der Waals surface area (Å²) in [7, 11) is 0. The van der Waals surface area contributed by atoms with Gasteiger partial charge in [0, 0.05) is 6.04 Å². The number of aryl methyl sites for hydroxylation is 1. The van der Waals surface area contributed by atoms with Gasteiger partial charge >= 0.3 is 0 Å². The molecule has 5 heteroatoms. The van der Waals surface area contributed by atoms with Crippen molar-refractivity contribution in [2.45, 2.75) is 65.3 Å². The Balaban J connectivity index is 2.35. The summed E-state index contributed by atoms with van der Waals surface area (Å²) in [5, 5.41) is 6.98. The molecular formula is C13H23N3OS. The van der Waals surface area contributed by atoms with E-state index in [2.05, 4.69) is 28.8 Å². The van der Waals surface area contributed by atoms with Gasteiger partial charge < -0.3 is 5.32 Å². The number of rotatable bonds is 8. The Morgan fingerprint density at radius 3 is 2.78 bits per heavy atom. The lowest BCUT2D eigenvalue weighted by Gasteiger charge is -2.13. The lowest BCUT2D eigenvalue weighted by Crippen LogP contribution is -2.32. The van der Waals surface area contributed by atoms with E-state index in [9.17, 15) is 4.79 Å². The lowest BCUT2D eigenvalue weighted by molar-refractivity contribution is 0.0941. The van der Waals surface area contributed by atoms with Gasteiger partial charge in [0.05, 0.1) is 5.69 Å². The van der Waals surface area contributed by atoms with Crippen LogP contribution in [0.3, 0.4) is 0 Å². The zero-order valence-corrected chi connectivity index (χ0v) is 12.3. The van der Waals surface area contributed by atoms with Gasteiger partial charge in [-0.1, -0.05) is 44.0 Å². The fraction of sp³-hybridized carbons (Fsp3) is 0.769. The van der Waals surface area contributed by atoms with Crippen LogP contribution < -0.4 is 5.32 Å². The molecule has 1 amide bonds. The largest absolute Gasteiger partial charge is 0.349 e. The van der Waals surface area contributed by atoms with Crippen LogP contribution in [0.15, 0.2) is 0 Å². The van der Waals surface area contributed by atoms with Gasteiger partial charge in [0.2, 0.25) is 0 Å². The lowest BCUT2D eigenvalue weighted by atomic mass is 10.1.